The van der Waals surface area contributed by atoms with Crippen LogP contribution in [-0.2, 0) is 0 Å². The van der Waals surface area contributed by atoms with Crippen LogP contribution in [-0.4, -0.2) is 33.2 Å². The molecule has 0 unspecified atom stereocenters. The van der Waals surface area contributed by atoms with E-state index in [2.05, 4.69) is 20.3 Å². The molecular weight excluding hydrogens is 377 g/mol. The first kappa shape index (κ1) is 18.6. The Morgan fingerprint density at radius 1 is 1.41 bits per heavy atom. The van der Waals surface area contributed by atoms with Crippen molar-refractivity contribution in [3.05, 3.63) is 57.2 Å². The van der Waals surface area contributed by atoms with E-state index in [9.17, 15) is 14.0 Å². The average molecular weight is 392 g/mol. The Morgan fingerprint density at radius 2 is 2.15 bits per heavy atom. The number of aromatic amines is 1. The van der Waals surface area contributed by atoms with Gasteiger partial charge < -0.3 is 15.4 Å². The van der Waals surface area contributed by atoms with Gasteiger partial charge in [-0.2, -0.15) is 4.98 Å². The molecule has 3 rings (SSSR count). The number of nitrogens with one attached hydrogen (secondary N) is 2. The first-order chi connectivity index (χ1) is 12.8. The number of pyridine rings is 1. The number of carbonyl (C=O) groups is 1. The molecule has 8 nitrogen and oxygen atoms in total. The summed E-state index contributed by atoms with van der Waals surface area (Å²) in [6, 6.07) is 5.13. The highest BCUT2D eigenvalue weighted by Crippen LogP contribution is 2.23. The molecule has 0 bridgehead atoms. The second-order valence-electron chi connectivity index (χ2n) is 5.85. The van der Waals surface area contributed by atoms with E-state index in [1.807, 2.05) is 0 Å². The van der Waals surface area contributed by atoms with Crippen LogP contribution >= 0.6 is 11.6 Å². The van der Waals surface area contributed by atoms with Crippen LogP contribution in [0.25, 0.3) is 10.9 Å². The van der Waals surface area contributed by atoms with Gasteiger partial charge in [-0.25, -0.2) is 14.2 Å². The van der Waals surface area contributed by atoms with Crippen molar-refractivity contribution in [3.8, 4) is 0 Å². The maximum absolute atomic E-state index is 13.6. The number of anilines is 2. The van der Waals surface area contributed by atoms with Crippen LogP contribution in [0.5, 0.6) is 0 Å². The van der Waals surface area contributed by atoms with Gasteiger partial charge in [-0.3, -0.25) is 9.69 Å². The number of hydrogen-bond acceptors (Lipinski definition) is 5. The summed E-state index contributed by atoms with van der Waals surface area (Å²) in [5.41, 5.74) is 0.299. The smallest absolute Gasteiger partial charge is 0.412 e. The number of benzene rings is 1. The van der Waals surface area contributed by atoms with Gasteiger partial charge in [-0.1, -0.05) is 11.6 Å². The molecule has 1 amide bonds. The summed E-state index contributed by atoms with van der Waals surface area (Å²) in [4.78, 5) is 35.1. The van der Waals surface area contributed by atoms with E-state index in [4.69, 9.17) is 16.7 Å². The molecule has 2 heterocycles. The number of fused-ring (bicyclic) bond motifs is 1. The first-order valence-corrected chi connectivity index (χ1v) is 8.22. The van der Waals surface area contributed by atoms with E-state index in [1.54, 1.807) is 13.0 Å². The molecule has 140 valence electrons. The summed E-state index contributed by atoms with van der Waals surface area (Å²) in [6.45, 7) is 1.72. The molecule has 0 aliphatic heterocycles. The van der Waals surface area contributed by atoms with Gasteiger partial charge in [0.1, 0.15) is 11.6 Å². The molecule has 0 fully saturated rings. The van der Waals surface area contributed by atoms with Crippen molar-refractivity contribution in [2.24, 2.45) is 0 Å². The van der Waals surface area contributed by atoms with Gasteiger partial charge in [0.25, 0.3) is 5.56 Å². The molecule has 3 aromatic rings. The van der Waals surface area contributed by atoms with Crippen molar-refractivity contribution >= 4 is 40.4 Å². The Kier molecular flexibility index (Phi) is 4.95. The van der Waals surface area contributed by atoms with E-state index < -0.39 is 23.5 Å². The summed E-state index contributed by atoms with van der Waals surface area (Å²) in [5, 5.41) is 12.5. The zero-order valence-electron chi connectivity index (χ0n) is 14.3. The third-order valence-corrected chi connectivity index (χ3v) is 4.29. The number of carboxylic acid groups (broad SMARTS) is 1. The SMILES string of the molecule is C[C@H](Nc1nccc(N(C)C(=O)O)n1)c1cc2cc(Cl)c(F)cc2[nH]c1=O. The van der Waals surface area contributed by atoms with Crippen molar-refractivity contribution in [2.45, 2.75) is 13.0 Å². The number of aromatic nitrogens is 3. The monoisotopic (exact) mass is 391 g/mol. The summed E-state index contributed by atoms with van der Waals surface area (Å²) in [5.74, 6) is -0.280. The zero-order chi connectivity index (χ0) is 19.7. The Morgan fingerprint density at radius 3 is 2.85 bits per heavy atom. The lowest BCUT2D eigenvalue weighted by molar-refractivity contribution is 0.203. The largest absolute Gasteiger partial charge is 0.465 e. The number of halogens is 2. The number of H-pyrrole nitrogens is 1. The maximum Gasteiger partial charge on any atom is 0.412 e. The van der Waals surface area contributed by atoms with Crippen LogP contribution in [0.2, 0.25) is 5.02 Å². The topological polar surface area (TPSA) is 111 Å². The fraction of sp³-hybridized carbons (Fsp3) is 0.176. The molecule has 10 heteroatoms. The highest BCUT2D eigenvalue weighted by molar-refractivity contribution is 6.31. The normalized spacial score (nSPS) is 12.0. The lowest BCUT2D eigenvalue weighted by Crippen LogP contribution is -2.25. The summed E-state index contributed by atoms with van der Waals surface area (Å²) >= 11 is 5.81. The number of amides is 1. The number of rotatable bonds is 4. The minimum Gasteiger partial charge on any atom is -0.465 e. The van der Waals surface area contributed by atoms with Gasteiger partial charge >= 0.3 is 6.09 Å². The molecular formula is C17H15ClFN5O3. The minimum absolute atomic E-state index is 0.0474. The molecule has 3 N–H and O–H groups in total. The fourth-order valence-electron chi connectivity index (χ4n) is 2.51. The van der Waals surface area contributed by atoms with E-state index in [0.29, 0.717) is 16.5 Å². The molecule has 0 aliphatic rings. The van der Waals surface area contributed by atoms with E-state index >= 15 is 0 Å². The third kappa shape index (κ3) is 3.82. The van der Waals surface area contributed by atoms with Crippen LogP contribution in [0.15, 0.2) is 35.3 Å². The van der Waals surface area contributed by atoms with Crippen LogP contribution in [0.3, 0.4) is 0 Å². The van der Waals surface area contributed by atoms with Gasteiger partial charge in [0, 0.05) is 24.2 Å². The van der Waals surface area contributed by atoms with Gasteiger partial charge in [0.2, 0.25) is 5.95 Å². The molecule has 0 aliphatic carbocycles. The lowest BCUT2D eigenvalue weighted by Gasteiger charge is -2.16. The molecule has 1 aromatic carbocycles. The van der Waals surface area contributed by atoms with Crippen molar-refractivity contribution < 1.29 is 14.3 Å². The van der Waals surface area contributed by atoms with E-state index in [0.717, 1.165) is 11.0 Å². The predicted molar refractivity (Wildman–Crippen MR) is 100 cm³/mol. The summed E-state index contributed by atoms with van der Waals surface area (Å²) in [6.07, 6.45) is 0.243. The van der Waals surface area contributed by atoms with Crippen molar-refractivity contribution in [1.29, 1.82) is 0 Å². The van der Waals surface area contributed by atoms with Crippen molar-refractivity contribution in [1.82, 2.24) is 15.0 Å². The van der Waals surface area contributed by atoms with E-state index in [-0.39, 0.29) is 16.8 Å². The highest BCUT2D eigenvalue weighted by atomic mass is 35.5. The molecule has 0 saturated heterocycles. The third-order valence-electron chi connectivity index (χ3n) is 4.00. The van der Waals surface area contributed by atoms with Gasteiger partial charge in [-0.15, -0.1) is 0 Å². The quantitative estimate of drug-likeness (QED) is 0.628. The van der Waals surface area contributed by atoms with Crippen molar-refractivity contribution in [3.63, 3.8) is 0 Å². The van der Waals surface area contributed by atoms with Gasteiger partial charge in [0.15, 0.2) is 0 Å². The Hall–Kier alpha value is -3.20. The number of hydrogen-bond donors (Lipinski definition) is 3. The van der Waals surface area contributed by atoms with Crippen molar-refractivity contribution in [2.75, 3.05) is 17.3 Å². The second-order valence-corrected chi connectivity index (χ2v) is 6.26. The van der Waals surface area contributed by atoms with Crippen LogP contribution in [0, 0.1) is 5.82 Å². The minimum atomic E-state index is -1.16. The Balaban J connectivity index is 1.92. The van der Waals surface area contributed by atoms with Crippen LogP contribution < -0.4 is 15.8 Å². The molecule has 0 saturated carbocycles. The zero-order valence-corrected chi connectivity index (χ0v) is 15.1. The molecule has 27 heavy (non-hydrogen) atoms. The first-order valence-electron chi connectivity index (χ1n) is 7.84. The summed E-state index contributed by atoms with van der Waals surface area (Å²) < 4.78 is 13.6. The highest BCUT2D eigenvalue weighted by Gasteiger charge is 2.15. The Labute approximate surface area is 157 Å². The standard InChI is InChI=1S/C17H15ClFN5O3/c1-8(21-16-20-4-3-14(23-16)24(2)17(26)27)10-5-9-6-11(18)12(19)7-13(9)22-15(10)25/h3-8H,1-2H3,(H,22,25)(H,26,27)(H,20,21,23)/t8-/m0/s1. The molecule has 2 aromatic heterocycles. The molecule has 0 radical (unpaired) electrons. The van der Waals surface area contributed by atoms with E-state index in [1.165, 1.54) is 25.4 Å². The van der Waals surface area contributed by atoms with Gasteiger partial charge in [-0.05, 0) is 31.2 Å². The Bertz CT molecular complexity index is 1090. The molecule has 1 atom stereocenters. The predicted octanol–water partition coefficient (Wildman–Crippen LogP) is 3.40. The lowest BCUT2D eigenvalue weighted by atomic mass is 10.1. The average Bonchev–Trinajstić information content (AvgIpc) is 2.62. The van der Waals surface area contributed by atoms with Gasteiger partial charge in [0.05, 0.1) is 16.6 Å². The maximum atomic E-state index is 13.6. The fourth-order valence-corrected chi connectivity index (χ4v) is 2.69. The van der Waals surface area contributed by atoms with Crippen LogP contribution in [0.4, 0.5) is 21.0 Å². The summed E-state index contributed by atoms with van der Waals surface area (Å²) in [7, 11) is 1.36. The molecule has 0 spiro atoms. The second kappa shape index (κ2) is 7.20. The van der Waals surface area contributed by atoms with Crippen LogP contribution in [0.1, 0.15) is 18.5 Å². The number of nitrogens with zero attached hydrogens (tertiary/aromatic N) is 3.